The summed E-state index contributed by atoms with van der Waals surface area (Å²) in [6.45, 7) is 8.97. The molecule has 21 heavy (non-hydrogen) atoms. The summed E-state index contributed by atoms with van der Waals surface area (Å²) in [5.41, 5.74) is -0.560. The summed E-state index contributed by atoms with van der Waals surface area (Å²) in [4.78, 5) is 25.6. The lowest BCUT2D eigenvalue weighted by Gasteiger charge is -2.29. The van der Waals surface area contributed by atoms with Crippen LogP contribution in [0.25, 0.3) is 0 Å². The lowest BCUT2D eigenvalue weighted by molar-refractivity contribution is -0.146. The smallest absolute Gasteiger partial charge is 0.407 e. The first kappa shape index (κ1) is 17.7. The SMILES string of the molecule is COC(=O)C(CNC(=O)OC(C)(C)C)CN1CCOCC1. The molecule has 1 heterocycles. The van der Waals surface area contributed by atoms with Crippen LogP contribution >= 0.6 is 0 Å². The largest absolute Gasteiger partial charge is 0.469 e. The third kappa shape index (κ3) is 7.29. The van der Waals surface area contributed by atoms with E-state index in [1.807, 2.05) is 0 Å². The van der Waals surface area contributed by atoms with Crippen LogP contribution in [0.15, 0.2) is 0 Å². The van der Waals surface area contributed by atoms with Crippen LogP contribution in [0.4, 0.5) is 4.79 Å². The van der Waals surface area contributed by atoms with Gasteiger partial charge in [-0.1, -0.05) is 0 Å². The zero-order valence-electron chi connectivity index (χ0n) is 13.3. The van der Waals surface area contributed by atoms with Gasteiger partial charge < -0.3 is 19.5 Å². The van der Waals surface area contributed by atoms with Gasteiger partial charge in [0.05, 0.1) is 26.2 Å². The van der Waals surface area contributed by atoms with Gasteiger partial charge in [-0.2, -0.15) is 0 Å². The van der Waals surface area contributed by atoms with Crippen molar-refractivity contribution in [3.05, 3.63) is 0 Å². The number of hydrogen-bond acceptors (Lipinski definition) is 6. The Balaban J connectivity index is 2.46. The maximum atomic E-state index is 11.8. The van der Waals surface area contributed by atoms with Gasteiger partial charge in [-0.25, -0.2) is 4.79 Å². The van der Waals surface area contributed by atoms with E-state index in [0.29, 0.717) is 19.8 Å². The fraction of sp³-hybridized carbons (Fsp3) is 0.857. The molecule has 0 spiro atoms. The zero-order chi connectivity index (χ0) is 15.9. The molecule has 0 aromatic rings. The number of hydrogen-bond donors (Lipinski definition) is 1. The number of carbonyl (C=O) groups is 2. The van der Waals surface area contributed by atoms with Crippen molar-refractivity contribution in [2.75, 3.05) is 46.5 Å². The normalized spacial score (nSPS) is 17.9. The van der Waals surface area contributed by atoms with Crippen LogP contribution < -0.4 is 5.32 Å². The summed E-state index contributed by atoms with van der Waals surface area (Å²) >= 11 is 0. The Kier molecular flexibility index (Phi) is 6.91. The summed E-state index contributed by atoms with van der Waals surface area (Å²) in [6, 6.07) is 0. The van der Waals surface area contributed by atoms with Crippen molar-refractivity contribution in [3.8, 4) is 0 Å². The Morgan fingerprint density at radius 2 is 1.90 bits per heavy atom. The minimum absolute atomic E-state index is 0.193. The third-order valence-electron chi connectivity index (χ3n) is 3.01. The van der Waals surface area contributed by atoms with Crippen molar-refractivity contribution in [3.63, 3.8) is 0 Å². The molecule has 1 fully saturated rings. The highest BCUT2D eigenvalue weighted by atomic mass is 16.6. The first-order valence-electron chi connectivity index (χ1n) is 7.16. The van der Waals surface area contributed by atoms with E-state index in [9.17, 15) is 9.59 Å². The molecule has 0 aliphatic carbocycles. The first-order valence-corrected chi connectivity index (χ1v) is 7.16. The van der Waals surface area contributed by atoms with E-state index >= 15 is 0 Å². The molecule has 1 amide bonds. The molecule has 1 N–H and O–H groups in total. The van der Waals surface area contributed by atoms with Gasteiger partial charge in [0, 0.05) is 26.2 Å². The Morgan fingerprint density at radius 1 is 1.29 bits per heavy atom. The predicted molar refractivity (Wildman–Crippen MR) is 77.0 cm³/mol. The van der Waals surface area contributed by atoms with Crippen molar-refractivity contribution < 1.29 is 23.8 Å². The minimum atomic E-state index is -0.560. The number of morpholine rings is 1. The number of methoxy groups -OCH3 is 1. The number of esters is 1. The highest BCUT2D eigenvalue weighted by molar-refractivity contribution is 5.74. The van der Waals surface area contributed by atoms with Crippen LogP contribution in [0.3, 0.4) is 0 Å². The Bertz CT molecular complexity index is 348. The Labute approximate surface area is 125 Å². The average molecular weight is 302 g/mol. The molecule has 1 aliphatic rings. The Hall–Kier alpha value is -1.34. The lowest BCUT2D eigenvalue weighted by Crippen LogP contribution is -2.45. The number of alkyl carbamates (subject to hydrolysis) is 1. The van der Waals surface area contributed by atoms with Crippen LogP contribution in [-0.4, -0.2) is 69.1 Å². The molecule has 1 atom stereocenters. The van der Waals surface area contributed by atoms with Crippen molar-refractivity contribution in [2.24, 2.45) is 5.92 Å². The fourth-order valence-corrected chi connectivity index (χ4v) is 2.01. The quantitative estimate of drug-likeness (QED) is 0.751. The second-order valence-corrected chi connectivity index (χ2v) is 6.02. The Morgan fingerprint density at radius 3 is 2.43 bits per heavy atom. The second-order valence-electron chi connectivity index (χ2n) is 6.02. The number of nitrogens with one attached hydrogen (secondary N) is 1. The standard InChI is InChI=1S/C14H26N2O5/c1-14(2,3)21-13(18)15-9-11(12(17)19-4)10-16-5-7-20-8-6-16/h11H,5-10H2,1-4H3,(H,15,18). The van der Waals surface area contributed by atoms with Crippen LogP contribution in [0.5, 0.6) is 0 Å². The van der Waals surface area contributed by atoms with Crippen LogP contribution in [0.1, 0.15) is 20.8 Å². The fourth-order valence-electron chi connectivity index (χ4n) is 2.01. The van der Waals surface area contributed by atoms with Crippen LogP contribution in [0.2, 0.25) is 0 Å². The summed E-state index contributed by atoms with van der Waals surface area (Å²) in [7, 11) is 1.35. The molecule has 1 unspecified atom stereocenters. The van der Waals surface area contributed by atoms with Crippen LogP contribution in [-0.2, 0) is 19.0 Å². The molecule has 7 nitrogen and oxygen atoms in total. The molecule has 0 saturated carbocycles. The number of ether oxygens (including phenoxy) is 3. The van der Waals surface area contributed by atoms with Crippen molar-refractivity contribution in [1.29, 1.82) is 0 Å². The topological polar surface area (TPSA) is 77.1 Å². The summed E-state index contributed by atoms with van der Waals surface area (Å²) < 4.78 is 15.2. The average Bonchev–Trinajstić information content (AvgIpc) is 2.41. The lowest BCUT2D eigenvalue weighted by atomic mass is 10.1. The number of amides is 1. The molecular weight excluding hydrogens is 276 g/mol. The molecule has 0 bridgehead atoms. The zero-order valence-corrected chi connectivity index (χ0v) is 13.3. The van der Waals surface area contributed by atoms with E-state index in [0.717, 1.165) is 13.1 Å². The van der Waals surface area contributed by atoms with E-state index < -0.39 is 17.6 Å². The summed E-state index contributed by atoms with van der Waals surface area (Å²) in [5, 5.41) is 2.62. The maximum Gasteiger partial charge on any atom is 0.407 e. The second kappa shape index (κ2) is 8.19. The number of rotatable bonds is 5. The van der Waals surface area contributed by atoms with Crippen LogP contribution in [0, 0.1) is 5.92 Å². The van der Waals surface area contributed by atoms with Gasteiger partial charge in [0.15, 0.2) is 0 Å². The summed E-state index contributed by atoms with van der Waals surface area (Å²) in [6.07, 6.45) is -0.529. The van der Waals surface area contributed by atoms with Gasteiger partial charge in [0.1, 0.15) is 5.60 Å². The molecule has 0 aromatic heterocycles. The molecule has 1 rings (SSSR count). The van der Waals surface area contributed by atoms with E-state index in [1.54, 1.807) is 20.8 Å². The highest BCUT2D eigenvalue weighted by Gasteiger charge is 2.25. The highest BCUT2D eigenvalue weighted by Crippen LogP contribution is 2.08. The third-order valence-corrected chi connectivity index (χ3v) is 3.01. The minimum Gasteiger partial charge on any atom is -0.469 e. The molecule has 7 heteroatoms. The van der Waals surface area contributed by atoms with Gasteiger partial charge in [-0.15, -0.1) is 0 Å². The van der Waals surface area contributed by atoms with E-state index in [1.165, 1.54) is 7.11 Å². The maximum absolute atomic E-state index is 11.8. The first-order chi connectivity index (χ1) is 9.81. The van der Waals surface area contributed by atoms with E-state index in [4.69, 9.17) is 14.2 Å². The molecule has 1 saturated heterocycles. The van der Waals surface area contributed by atoms with Crippen molar-refractivity contribution >= 4 is 12.1 Å². The van der Waals surface area contributed by atoms with Crippen molar-refractivity contribution in [2.45, 2.75) is 26.4 Å². The van der Waals surface area contributed by atoms with Gasteiger partial charge in [-0.3, -0.25) is 9.69 Å². The molecule has 0 aromatic carbocycles. The van der Waals surface area contributed by atoms with Gasteiger partial charge >= 0.3 is 12.1 Å². The molecule has 1 aliphatic heterocycles. The van der Waals surface area contributed by atoms with E-state index in [-0.39, 0.29) is 12.5 Å². The van der Waals surface area contributed by atoms with Gasteiger partial charge in [-0.05, 0) is 20.8 Å². The molecular formula is C14H26N2O5. The monoisotopic (exact) mass is 302 g/mol. The van der Waals surface area contributed by atoms with Gasteiger partial charge in [0.2, 0.25) is 0 Å². The molecule has 0 radical (unpaired) electrons. The molecule has 122 valence electrons. The van der Waals surface area contributed by atoms with Crippen molar-refractivity contribution in [1.82, 2.24) is 10.2 Å². The summed E-state index contributed by atoms with van der Waals surface area (Å²) in [5.74, 6) is -0.752. The van der Waals surface area contributed by atoms with E-state index in [2.05, 4.69) is 10.2 Å². The number of carbonyl (C=O) groups excluding carboxylic acids is 2. The van der Waals surface area contributed by atoms with Gasteiger partial charge in [0.25, 0.3) is 0 Å². The predicted octanol–water partition coefficient (Wildman–Crippen LogP) is 0.633. The number of nitrogens with zero attached hydrogens (tertiary/aromatic N) is 1.